The van der Waals surface area contributed by atoms with E-state index in [-0.39, 0.29) is 61.0 Å². The lowest BCUT2D eigenvalue weighted by Crippen LogP contribution is -2.39. The van der Waals surface area contributed by atoms with Gasteiger partial charge < -0.3 is 56.8 Å². The molecule has 0 amide bonds. The number of methoxy groups -OCH3 is 4. The number of rotatable bonds is 38. The van der Waals surface area contributed by atoms with Crippen molar-refractivity contribution < 1.29 is 56.8 Å². The minimum absolute atomic E-state index is 0.0985. The maximum atomic E-state index is 5.98. The molecule has 6 rings (SSSR count). The van der Waals surface area contributed by atoms with Crippen molar-refractivity contribution in [3.05, 3.63) is 168 Å². The number of hydrogen-bond donors (Lipinski definition) is 0. The van der Waals surface area contributed by atoms with E-state index >= 15 is 0 Å². The zero-order chi connectivity index (χ0) is 70.1. The SMILES string of the molecule is CCCC(OCC)C(CCC)OCC.CCOC(C(C)C)C(OCC)C(C)C.CCOC(C)C(C)OCC.CCOC(CC)C(CC)OCC.COC(c1cccc2ccccc12)C(OC)c1cccc2ccccc12.COC(c1ccccc1)C(OC)c1ccccc1. The van der Waals surface area contributed by atoms with Crippen molar-refractivity contribution in [2.75, 3.05) is 81.3 Å². The molecule has 12 heteroatoms. The summed E-state index contributed by atoms with van der Waals surface area (Å²) < 4.78 is 68.0. The van der Waals surface area contributed by atoms with Gasteiger partial charge in [-0.2, -0.15) is 0 Å². The highest BCUT2D eigenvalue weighted by Crippen LogP contribution is 2.40. The molecular weight excluding hydrogens is 1180 g/mol. The van der Waals surface area contributed by atoms with Gasteiger partial charge in [0.2, 0.25) is 0 Å². The molecule has 532 valence electrons. The second-order valence-corrected chi connectivity index (χ2v) is 23.6. The number of benzene rings is 6. The van der Waals surface area contributed by atoms with Gasteiger partial charge >= 0.3 is 0 Å². The van der Waals surface area contributed by atoms with Crippen molar-refractivity contribution in [1.82, 2.24) is 0 Å². The second-order valence-electron chi connectivity index (χ2n) is 23.6. The van der Waals surface area contributed by atoms with Gasteiger partial charge in [-0.05, 0) is 151 Å². The van der Waals surface area contributed by atoms with Crippen LogP contribution >= 0.6 is 0 Å². The van der Waals surface area contributed by atoms with Crippen molar-refractivity contribution in [1.29, 1.82) is 0 Å². The van der Waals surface area contributed by atoms with E-state index < -0.39 is 0 Å². The summed E-state index contributed by atoms with van der Waals surface area (Å²) in [5.74, 6) is 1.02. The lowest BCUT2D eigenvalue weighted by Gasteiger charge is -2.32. The third kappa shape index (κ3) is 31.7. The summed E-state index contributed by atoms with van der Waals surface area (Å²) in [6.07, 6.45) is 8.04. The Bertz CT molecular complexity index is 2470. The normalized spacial score (nSPS) is 15.1. The highest BCUT2D eigenvalue weighted by Gasteiger charge is 2.30. The quantitative estimate of drug-likeness (QED) is 0.0368. The average molecular weight is 1310 g/mol. The van der Waals surface area contributed by atoms with Gasteiger partial charge in [0.05, 0.1) is 48.8 Å². The van der Waals surface area contributed by atoms with Crippen LogP contribution in [0.3, 0.4) is 0 Å². The Balaban J connectivity index is 0.000000584. The van der Waals surface area contributed by atoms with Crippen LogP contribution in [-0.4, -0.2) is 130 Å². The number of fused-ring (bicyclic) bond motifs is 2. The van der Waals surface area contributed by atoms with Gasteiger partial charge in [-0.1, -0.05) is 214 Å². The van der Waals surface area contributed by atoms with Gasteiger partial charge in [0.15, 0.2) is 0 Å². The summed E-state index contributed by atoms with van der Waals surface area (Å²) in [6, 6.07) is 49.8. The molecule has 12 unspecified atom stereocenters. The van der Waals surface area contributed by atoms with Crippen molar-refractivity contribution >= 4 is 21.5 Å². The highest BCUT2D eigenvalue weighted by molar-refractivity contribution is 5.88. The summed E-state index contributed by atoms with van der Waals surface area (Å²) in [4.78, 5) is 0. The molecule has 0 aliphatic heterocycles. The van der Waals surface area contributed by atoms with Gasteiger partial charge in [-0.15, -0.1) is 0 Å². The lowest BCUT2D eigenvalue weighted by atomic mass is 9.91. The molecule has 6 aromatic carbocycles. The van der Waals surface area contributed by atoms with E-state index in [2.05, 4.69) is 178 Å². The van der Waals surface area contributed by atoms with Crippen LogP contribution in [0.2, 0.25) is 0 Å². The molecule has 0 aliphatic rings. The zero-order valence-corrected chi connectivity index (χ0v) is 62.7. The summed E-state index contributed by atoms with van der Waals surface area (Å²) >= 11 is 0. The molecule has 0 saturated heterocycles. The van der Waals surface area contributed by atoms with Crippen molar-refractivity contribution in [3.8, 4) is 0 Å². The van der Waals surface area contributed by atoms with Crippen LogP contribution in [0.25, 0.3) is 21.5 Å². The lowest BCUT2D eigenvalue weighted by molar-refractivity contribution is -0.104. The minimum atomic E-state index is -0.197. The average Bonchev–Trinajstić information content (AvgIpc) is 0.796. The molecule has 0 aliphatic carbocycles. The third-order valence-electron chi connectivity index (χ3n) is 16.3. The smallest absolute Gasteiger partial charge is 0.113 e. The Morgan fingerprint density at radius 2 is 0.553 bits per heavy atom. The Hall–Kier alpha value is -4.64. The Morgan fingerprint density at radius 1 is 0.277 bits per heavy atom. The third-order valence-corrected chi connectivity index (χ3v) is 16.3. The van der Waals surface area contributed by atoms with E-state index in [1.54, 1.807) is 28.4 Å². The first-order chi connectivity index (χ1) is 45.5. The van der Waals surface area contributed by atoms with Crippen LogP contribution < -0.4 is 0 Å². The summed E-state index contributed by atoms with van der Waals surface area (Å²) in [5, 5.41) is 4.81. The molecule has 0 aromatic heterocycles. The fourth-order valence-electron chi connectivity index (χ4n) is 11.6. The fraction of sp³-hybridized carbons (Fsp3) is 0.610. The maximum Gasteiger partial charge on any atom is 0.113 e. The fourth-order valence-corrected chi connectivity index (χ4v) is 11.6. The van der Waals surface area contributed by atoms with Gasteiger partial charge in [-0.3, -0.25) is 0 Å². The molecule has 94 heavy (non-hydrogen) atoms. The molecule has 12 nitrogen and oxygen atoms in total. The first kappa shape index (κ1) is 87.4. The Labute approximate surface area is 573 Å². The molecule has 0 N–H and O–H groups in total. The Kier molecular flexibility index (Phi) is 50.5. The van der Waals surface area contributed by atoms with Gasteiger partial charge in [0.25, 0.3) is 0 Å². The molecule has 0 bridgehead atoms. The molecule has 0 spiro atoms. The highest BCUT2D eigenvalue weighted by atomic mass is 16.6. The molecule has 12 atom stereocenters. The van der Waals surface area contributed by atoms with E-state index in [0.29, 0.717) is 24.0 Å². The monoisotopic (exact) mass is 1310 g/mol. The summed E-state index contributed by atoms with van der Waals surface area (Å²) in [5.41, 5.74) is 4.53. The summed E-state index contributed by atoms with van der Waals surface area (Å²) in [7, 11) is 6.94. The van der Waals surface area contributed by atoms with Crippen LogP contribution in [0.5, 0.6) is 0 Å². The molecule has 6 aromatic rings. The topological polar surface area (TPSA) is 111 Å². The molecule has 0 heterocycles. The van der Waals surface area contributed by atoms with E-state index in [1.807, 2.05) is 91.8 Å². The van der Waals surface area contributed by atoms with Crippen LogP contribution in [0.15, 0.2) is 146 Å². The van der Waals surface area contributed by atoms with Crippen LogP contribution in [0.4, 0.5) is 0 Å². The van der Waals surface area contributed by atoms with E-state index in [1.165, 1.54) is 21.5 Å². The minimum Gasteiger partial charge on any atom is -0.376 e. The first-order valence-corrected chi connectivity index (χ1v) is 35.6. The molecule has 0 radical (unpaired) electrons. The van der Waals surface area contributed by atoms with Crippen LogP contribution in [0.1, 0.15) is 210 Å². The molecule has 0 saturated carbocycles. The second kappa shape index (κ2) is 54.4. The molecular formula is C82H132O12. The predicted octanol–water partition coefficient (Wildman–Crippen LogP) is 20.8. The van der Waals surface area contributed by atoms with Crippen molar-refractivity contribution in [2.45, 2.75) is 236 Å². The van der Waals surface area contributed by atoms with Crippen molar-refractivity contribution in [3.63, 3.8) is 0 Å². The molecule has 0 fully saturated rings. The Morgan fingerprint density at radius 3 is 0.819 bits per heavy atom. The van der Waals surface area contributed by atoms with Gasteiger partial charge in [-0.25, -0.2) is 0 Å². The standard InChI is InChI=1S/C24H22O2.C16H18O2.2C12H26O2.C10H22O2.C8H18O2/c1-25-23(21-15-7-11-17-9-3-5-13-19(17)21)24(26-2)22-16-8-12-18-10-4-6-14-20(18)22;1-17-15(13-9-5-3-6-10-13)16(18-2)14-11-7-4-8-12-14;1-7-13-11(9(3)4)12(10(5)6)14-8-2;1-5-9-11(13-7-3)12(10-6-2)14-8-4;1-5-9(11-7-3)10(6-2)12-8-4;1-5-9-7(3)8(4)10-6-2/h3-16,23-24H,1-2H3;3-12,15-16H,1-2H3;9-12H,7-8H2,1-6H3;11-12H,5-10H2,1-4H3;9-10H,5-8H2,1-4H3;7-8H,5-6H2,1-4H3. The van der Waals surface area contributed by atoms with Crippen LogP contribution in [-0.2, 0) is 56.8 Å². The predicted molar refractivity (Wildman–Crippen MR) is 395 cm³/mol. The largest absolute Gasteiger partial charge is 0.376 e. The number of ether oxygens (including phenoxy) is 12. The van der Waals surface area contributed by atoms with E-state index in [9.17, 15) is 0 Å². The van der Waals surface area contributed by atoms with E-state index in [4.69, 9.17) is 56.8 Å². The van der Waals surface area contributed by atoms with Crippen LogP contribution in [0, 0.1) is 11.8 Å². The first-order valence-electron chi connectivity index (χ1n) is 35.6. The maximum absolute atomic E-state index is 5.98. The number of hydrogen-bond acceptors (Lipinski definition) is 12. The van der Waals surface area contributed by atoms with Gasteiger partial charge in [0.1, 0.15) is 24.4 Å². The van der Waals surface area contributed by atoms with Crippen molar-refractivity contribution in [2.24, 2.45) is 11.8 Å². The van der Waals surface area contributed by atoms with E-state index in [0.717, 1.165) is 114 Å². The van der Waals surface area contributed by atoms with Gasteiger partial charge in [0, 0.05) is 81.3 Å². The summed E-state index contributed by atoms with van der Waals surface area (Å²) in [6.45, 7) is 43.9. The zero-order valence-electron chi connectivity index (χ0n) is 62.7.